The van der Waals surface area contributed by atoms with E-state index in [0.717, 1.165) is 0 Å². The van der Waals surface area contributed by atoms with Gasteiger partial charge < -0.3 is 16.3 Å². The summed E-state index contributed by atoms with van der Waals surface area (Å²) in [5.74, 6) is 4.24. The fraction of sp³-hybridized carbons (Fsp3) is 0.143. The zero-order chi connectivity index (χ0) is 9.40. The second-order valence-corrected chi connectivity index (χ2v) is 1.80. The first-order chi connectivity index (χ1) is 5.72. The molecule has 5 nitrogen and oxygen atoms in total. The number of hydrogen-bond donors (Lipinski definition) is 2. The van der Waals surface area contributed by atoms with Crippen LogP contribution in [0.15, 0.2) is 29.0 Å². The van der Waals surface area contributed by atoms with Gasteiger partial charge in [0.2, 0.25) is 0 Å². The number of nitrogens with two attached hydrogens (primary N) is 2. The minimum absolute atomic E-state index is 0.0270. The molecule has 12 heavy (non-hydrogen) atoms. The Bertz CT molecular complexity index is 231. The predicted molar refractivity (Wildman–Crippen MR) is 46.1 cm³/mol. The van der Waals surface area contributed by atoms with E-state index in [1.54, 1.807) is 0 Å². The third-order valence-electron chi connectivity index (χ3n) is 0.980. The van der Waals surface area contributed by atoms with Gasteiger partial charge >= 0.3 is 5.97 Å². The van der Waals surface area contributed by atoms with Crippen LogP contribution in [0.4, 0.5) is 0 Å². The monoisotopic (exact) mass is 169 g/mol. The normalized spacial score (nSPS) is 12.6. The van der Waals surface area contributed by atoms with Gasteiger partial charge in [0.05, 0.1) is 7.11 Å². The molecule has 0 fully saturated rings. The molecule has 0 saturated carbocycles. The standard InChI is InChI=1S/C7H11N3O2/c1-12-7(11)6(8)4-2-3-5-10-9/h2-5H,8-9H2,1H3. The van der Waals surface area contributed by atoms with Crippen LogP contribution in [-0.4, -0.2) is 19.3 Å². The van der Waals surface area contributed by atoms with Crippen LogP contribution < -0.4 is 11.6 Å². The highest BCUT2D eigenvalue weighted by Gasteiger charge is 2.00. The topological polar surface area (TPSA) is 90.7 Å². The SMILES string of the molecule is COC(=O)C(N)=CC=CC=NN. The van der Waals surface area contributed by atoms with E-state index in [1.165, 1.54) is 31.6 Å². The number of esters is 1. The fourth-order valence-corrected chi connectivity index (χ4v) is 0.444. The highest BCUT2D eigenvalue weighted by atomic mass is 16.5. The van der Waals surface area contributed by atoms with Gasteiger partial charge in [-0.2, -0.15) is 5.10 Å². The molecule has 0 heterocycles. The molecule has 0 aromatic heterocycles. The minimum atomic E-state index is -0.565. The molecular formula is C7H11N3O2. The first kappa shape index (κ1) is 10.2. The van der Waals surface area contributed by atoms with Crippen LogP contribution in [0, 0.1) is 0 Å². The smallest absolute Gasteiger partial charge is 0.353 e. The number of methoxy groups -OCH3 is 1. The molecule has 0 aromatic rings. The van der Waals surface area contributed by atoms with Crippen molar-refractivity contribution in [3.8, 4) is 0 Å². The number of carbonyl (C=O) groups excluding carboxylic acids is 1. The maximum Gasteiger partial charge on any atom is 0.353 e. The zero-order valence-corrected chi connectivity index (χ0v) is 6.73. The zero-order valence-electron chi connectivity index (χ0n) is 6.73. The van der Waals surface area contributed by atoms with Gasteiger partial charge in [0.15, 0.2) is 0 Å². The van der Waals surface area contributed by atoms with Crippen molar-refractivity contribution < 1.29 is 9.53 Å². The van der Waals surface area contributed by atoms with E-state index < -0.39 is 5.97 Å². The van der Waals surface area contributed by atoms with Crippen molar-refractivity contribution in [1.29, 1.82) is 0 Å². The summed E-state index contributed by atoms with van der Waals surface area (Å²) < 4.78 is 4.34. The van der Waals surface area contributed by atoms with E-state index in [4.69, 9.17) is 11.6 Å². The molecule has 0 aliphatic carbocycles. The number of nitrogens with zero attached hydrogens (tertiary/aromatic N) is 1. The van der Waals surface area contributed by atoms with Crippen LogP contribution in [0.2, 0.25) is 0 Å². The second kappa shape index (κ2) is 5.96. The van der Waals surface area contributed by atoms with Gasteiger partial charge in [-0.1, -0.05) is 6.08 Å². The maximum absolute atomic E-state index is 10.7. The Kier molecular flexibility index (Phi) is 5.08. The molecule has 0 atom stereocenters. The van der Waals surface area contributed by atoms with Crippen molar-refractivity contribution in [3.05, 3.63) is 23.9 Å². The van der Waals surface area contributed by atoms with Gasteiger partial charge in [-0.05, 0) is 12.2 Å². The summed E-state index contributed by atoms with van der Waals surface area (Å²) in [5, 5.41) is 3.20. The molecule has 0 amide bonds. The average molecular weight is 169 g/mol. The van der Waals surface area contributed by atoms with Crippen LogP contribution in [0.5, 0.6) is 0 Å². The maximum atomic E-state index is 10.7. The molecular weight excluding hydrogens is 158 g/mol. The van der Waals surface area contributed by atoms with Gasteiger partial charge in [-0.3, -0.25) is 0 Å². The quantitative estimate of drug-likeness (QED) is 0.149. The highest BCUT2D eigenvalue weighted by Crippen LogP contribution is 1.87. The Labute approximate surface area is 70.4 Å². The van der Waals surface area contributed by atoms with E-state index in [-0.39, 0.29) is 5.70 Å². The summed E-state index contributed by atoms with van der Waals surface area (Å²) >= 11 is 0. The van der Waals surface area contributed by atoms with E-state index in [2.05, 4.69) is 9.84 Å². The predicted octanol–water partition coefficient (Wildman–Crippen LogP) is -0.497. The van der Waals surface area contributed by atoms with Crippen LogP contribution in [0.25, 0.3) is 0 Å². The lowest BCUT2D eigenvalue weighted by Gasteiger charge is -1.94. The summed E-state index contributed by atoms with van der Waals surface area (Å²) in [6.45, 7) is 0. The van der Waals surface area contributed by atoms with Crippen molar-refractivity contribution in [3.63, 3.8) is 0 Å². The number of rotatable bonds is 3. The molecule has 0 radical (unpaired) electrons. The van der Waals surface area contributed by atoms with Gasteiger partial charge in [0.1, 0.15) is 5.70 Å². The number of carbonyl (C=O) groups is 1. The van der Waals surface area contributed by atoms with Crippen molar-refractivity contribution in [2.24, 2.45) is 16.7 Å². The summed E-state index contributed by atoms with van der Waals surface area (Å²) in [5.41, 5.74) is 5.30. The van der Waals surface area contributed by atoms with E-state index in [1.807, 2.05) is 0 Å². The molecule has 4 N–H and O–H groups in total. The van der Waals surface area contributed by atoms with E-state index in [0.29, 0.717) is 0 Å². The van der Waals surface area contributed by atoms with Gasteiger partial charge in [0.25, 0.3) is 0 Å². The lowest BCUT2D eigenvalue weighted by molar-refractivity contribution is -0.136. The van der Waals surface area contributed by atoms with Crippen LogP contribution in [-0.2, 0) is 9.53 Å². The Morgan fingerprint density at radius 3 is 2.67 bits per heavy atom. The van der Waals surface area contributed by atoms with Crippen LogP contribution >= 0.6 is 0 Å². The van der Waals surface area contributed by atoms with Gasteiger partial charge in [-0.25, -0.2) is 4.79 Å². The highest BCUT2D eigenvalue weighted by molar-refractivity contribution is 5.87. The average Bonchev–Trinajstić information content (AvgIpc) is 2.10. The minimum Gasteiger partial charge on any atom is -0.464 e. The lowest BCUT2D eigenvalue weighted by atomic mass is 10.4. The summed E-state index contributed by atoms with van der Waals surface area (Å²) in [6, 6.07) is 0. The molecule has 0 unspecified atom stereocenters. The molecule has 66 valence electrons. The van der Waals surface area contributed by atoms with Crippen LogP contribution in [0.1, 0.15) is 0 Å². The Morgan fingerprint density at radius 1 is 1.50 bits per heavy atom. The summed E-state index contributed by atoms with van der Waals surface area (Å²) in [4.78, 5) is 10.7. The summed E-state index contributed by atoms with van der Waals surface area (Å²) in [7, 11) is 1.26. The Morgan fingerprint density at radius 2 is 2.17 bits per heavy atom. The number of allylic oxidation sites excluding steroid dienone is 3. The van der Waals surface area contributed by atoms with Crippen LogP contribution in [0.3, 0.4) is 0 Å². The van der Waals surface area contributed by atoms with Gasteiger partial charge in [0, 0.05) is 6.21 Å². The fourth-order valence-electron chi connectivity index (χ4n) is 0.444. The Balaban J connectivity index is 4.08. The molecule has 0 aliphatic rings. The number of ether oxygens (including phenoxy) is 1. The first-order valence-corrected chi connectivity index (χ1v) is 3.16. The molecule has 0 aromatic carbocycles. The number of hydrogen-bond acceptors (Lipinski definition) is 5. The Hall–Kier alpha value is -1.78. The third kappa shape index (κ3) is 4.10. The number of hydrazone groups is 1. The molecule has 5 heteroatoms. The van der Waals surface area contributed by atoms with E-state index >= 15 is 0 Å². The molecule has 0 rings (SSSR count). The van der Waals surface area contributed by atoms with Gasteiger partial charge in [-0.15, -0.1) is 0 Å². The molecule has 0 saturated heterocycles. The molecule has 0 aliphatic heterocycles. The molecule has 0 bridgehead atoms. The first-order valence-electron chi connectivity index (χ1n) is 3.16. The van der Waals surface area contributed by atoms with Crippen molar-refractivity contribution >= 4 is 12.2 Å². The largest absolute Gasteiger partial charge is 0.464 e. The van der Waals surface area contributed by atoms with Crippen molar-refractivity contribution in [2.45, 2.75) is 0 Å². The van der Waals surface area contributed by atoms with Crippen molar-refractivity contribution in [2.75, 3.05) is 7.11 Å². The van der Waals surface area contributed by atoms with Crippen molar-refractivity contribution in [1.82, 2.24) is 0 Å². The second-order valence-electron chi connectivity index (χ2n) is 1.80. The van der Waals surface area contributed by atoms with E-state index in [9.17, 15) is 4.79 Å². The lowest BCUT2D eigenvalue weighted by Crippen LogP contribution is -2.12. The third-order valence-corrected chi connectivity index (χ3v) is 0.980. The molecule has 0 spiro atoms. The summed E-state index contributed by atoms with van der Waals surface area (Å²) in [6.07, 6.45) is 5.83.